The molecule has 1 unspecified atom stereocenters. The van der Waals surface area contributed by atoms with E-state index in [9.17, 15) is 19.3 Å². The number of phosphoric ester groups is 1. The van der Waals surface area contributed by atoms with Crippen LogP contribution in [0.5, 0.6) is 0 Å². The summed E-state index contributed by atoms with van der Waals surface area (Å²) in [5.74, 6) is 0. The molecule has 1 aromatic heterocycles. The molecule has 0 amide bonds. The zero-order chi connectivity index (χ0) is 18.9. The molecule has 26 heavy (non-hydrogen) atoms. The largest absolute Gasteiger partial charge is 0.475 e. The minimum absolute atomic E-state index is 0.0253. The number of phosphoric acid groups is 1. The standard InChI is InChI=1S/C14H18N3O8P/c1-9-6-17(13(20)16-12(9)19)11-5-10(18)14(25-11)7-23-26(21,24-8-14)22-4-2-3-15/h6,10-11,18H,2,4-5,7-8H2,1H3,(H,16,19,20)/t10-,11?,14?,26?/m1/s1. The predicted octanol–water partition coefficient (Wildman–Crippen LogP) is -0.0512. The number of nitriles is 1. The van der Waals surface area contributed by atoms with Crippen molar-refractivity contribution in [3.05, 3.63) is 32.6 Å². The van der Waals surface area contributed by atoms with Crippen LogP contribution in [0.25, 0.3) is 0 Å². The summed E-state index contributed by atoms with van der Waals surface area (Å²) in [5.41, 5.74) is -2.17. The van der Waals surface area contributed by atoms with Crippen molar-refractivity contribution >= 4 is 7.82 Å². The summed E-state index contributed by atoms with van der Waals surface area (Å²) in [4.78, 5) is 25.7. The van der Waals surface area contributed by atoms with Crippen LogP contribution in [-0.2, 0) is 22.9 Å². The highest BCUT2D eigenvalue weighted by molar-refractivity contribution is 7.48. The van der Waals surface area contributed by atoms with Gasteiger partial charge in [-0.2, -0.15) is 5.26 Å². The van der Waals surface area contributed by atoms with E-state index in [2.05, 4.69) is 4.98 Å². The molecule has 2 saturated heterocycles. The first kappa shape index (κ1) is 19.0. The fourth-order valence-corrected chi connectivity index (χ4v) is 4.06. The van der Waals surface area contributed by atoms with Gasteiger partial charge < -0.3 is 9.84 Å². The highest BCUT2D eigenvalue weighted by atomic mass is 31.2. The third-order valence-corrected chi connectivity index (χ3v) is 5.65. The molecule has 0 radical (unpaired) electrons. The van der Waals surface area contributed by atoms with Gasteiger partial charge in [-0.15, -0.1) is 0 Å². The number of H-pyrrole nitrogens is 1. The molecule has 0 saturated carbocycles. The van der Waals surface area contributed by atoms with Gasteiger partial charge in [-0.3, -0.25) is 27.9 Å². The third kappa shape index (κ3) is 3.53. The Morgan fingerprint density at radius 2 is 2.19 bits per heavy atom. The molecule has 0 bridgehead atoms. The molecule has 0 aromatic carbocycles. The molecule has 2 atom stereocenters. The Morgan fingerprint density at radius 3 is 2.85 bits per heavy atom. The van der Waals surface area contributed by atoms with Crippen LogP contribution in [0.15, 0.2) is 15.8 Å². The lowest BCUT2D eigenvalue weighted by atomic mass is 9.99. The van der Waals surface area contributed by atoms with Crippen LogP contribution >= 0.6 is 7.82 Å². The van der Waals surface area contributed by atoms with Gasteiger partial charge >= 0.3 is 13.5 Å². The number of rotatable bonds is 4. The highest BCUT2D eigenvalue weighted by Crippen LogP contribution is 2.56. The molecule has 12 heteroatoms. The van der Waals surface area contributed by atoms with E-state index in [-0.39, 0.29) is 32.7 Å². The maximum absolute atomic E-state index is 12.2. The summed E-state index contributed by atoms with van der Waals surface area (Å²) in [5, 5.41) is 18.9. The van der Waals surface area contributed by atoms with Crippen LogP contribution in [0.1, 0.15) is 24.6 Å². The van der Waals surface area contributed by atoms with Gasteiger partial charge in [0, 0.05) is 18.2 Å². The number of aromatic amines is 1. The van der Waals surface area contributed by atoms with E-state index < -0.39 is 37.0 Å². The number of aromatic nitrogens is 2. The van der Waals surface area contributed by atoms with E-state index in [1.54, 1.807) is 0 Å². The van der Waals surface area contributed by atoms with Gasteiger partial charge in [-0.05, 0) is 6.92 Å². The molecule has 3 heterocycles. The van der Waals surface area contributed by atoms with Gasteiger partial charge in [0.15, 0.2) is 0 Å². The summed E-state index contributed by atoms with van der Waals surface area (Å²) >= 11 is 0. The van der Waals surface area contributed by atoms with Crippen molar-refractivity contribution in [2.45, 2.75) is 37.7 Å². The van der Waals surface area contributed by atoms with Crippen LogP contribution in [-0.4, -0.2) is 46.2 Å². The first-order valence-corrected chi connectivity index (χ1v) is 9.33. The van der Waals surface area contributed by atoms with Crippen molar-refractivity contribution in [1.29, 1.82) is 5.26 Å². The summed E-state index contributed by atoms with van der Waals surface area (Å²) in [7, 11) is -3.82. The number of aryl methyl sites for hydroxylation is 1. The van der Waals surface area contributed by atoms with Gasteiger partial charge in [0.25, 0.3) is 5.56 Å². The molecule has 142 valence electrons. The minimum atomic E-state index is -3.82. The van der Waals surface area contributed by atoms with Gasteiger partial charge in [0.05, 0.1) is 38.4 Å². The van der Waals surface area contributed by atoms with E-state index in [1.807, 2.05) is 6.07 Å². The molecule has 2 aliphatic heterocycles. The van der Waals surface area contributed by atoms with E-state index >= 15 is 0 Å². The Labute approximate surface area is 147 Å². The van der Waals surface area contributed by atoms with Crippen molar-refractivity contribution in [2.75, 3.05) is 19.8 Å². The number of ether oxygens (including phenoxy) is 1. The number of hydrogen-bond acceptors (Lipinski definition) is 9. The zero-order valence-corrected chi connectivity index (χ0v) is 14.8. The smallest absolute Gasteiger partial charge is 0.390 e. The summed E-state index contributed by atoms with van der Waals surface area (Å²) in [6.45, 7) is 0.883. The average molecular weight is 387 g/mol. The van der Waals surface area contributed by atoms with Crippen LogP contribution < -0.4 is 11.2 Å². The summed E-state index contributed by atoms with van der Waals surface area (Å²) < 4.78 is 34.5. The molecule has 1 aromatic rings. The lowest BCUT2D eigenvalue weighted by molar-refractivity contribution is -0.166. The van der Waals surface area contributed by atoms with Crippen molar-refractivity contribution in [1.82, 2.24) is 9.55 Å². The quantitative estimate of drug-likeness (QED) is 0.535. The predicted molar refractivity (Wildman–Crippen MR) is 85.2 cm³/mol. The maximum atomic E-state index is 12.2. The number of aliphatic hydroxyl groups excluding tert-OH is 1. The Balaban J connectivity index is 1.73. The molecule has 11 nitrogen and oxygen atoms in total. The minimum Gasteiger partial charge on any atom is -0.390 e. The number of aliphatic hydroxyl groups is 1. The normalized spacial score (nSPS) is 34.0. The van der Waals surface area contributed by atoms with Crippen molar-refractivity contribution < 1.29 is 28.0 Å². The first-order valence-electron chi connectivity index (χ1n) is 7.87. The highest BCUT2D eigenvalue weighted by Gasteiger charge is 2.55. The lowest BCUT2D eigenvalue weighted by Gasteiger charge is -2.37. The molecule has 2 aliphatic rings. The molecule has 1 spiro atoms. The Bertz CT molecular complexity index is 875. The van der Waals surface area contributed by atoms with Gasteiger partial charge in [0.2, 0.25) is 0 Å². The molecule has 2 N–H and O–H groups in total. The summed E-state index contributed by atoms with van der Waals surface area (Å²) in [6.07, 6.45) is -0.482. The Hall–Kier alpha value is -1.80. The van der Waals surface area contributed by atoms with E-state index in [4.69, 9.17) is 23.6 Å². The topological polar surface area (TPSA) is 153 Å². The molecular formula is C14H18N3O8P. The Morgan fingerprint density at radius 1 is 1.50 bits per heavy atom. The fourth-order valence-electron chi connectivity index (χ4n) is 2.77. The molecule has 2 fully saturated rings. The SMILES string of the molecule is Cc1cn(C2C[C@@H](O)C3(COP(=O)(OCCC#N)OC3)O2)c(=O)[nH]c1=O. The van der Waals surface area contributed by atoms with Gasteiger partial charge in [-0.1, -0.05) is 0 Å². The van der Waals surface area contributed by atoms with Gasteiger partial charge in [0.1, 0.15) is 11.8 Å². The zero-order valence-electron chi connectivity index (χ0n) is 13.9. The average Bonchev–Trinajstić information content (AvgIpc) is 2.91. The van der Waals surface area contributed by atoms with Crippen LogP contribution in [0.2, 0.25) is 0 Å². The number of nitrogens with one attached hydrogen (secondary N) is 1. The van der Waals surface area contributed by atoms with Gasteiger partial charge in [-0.25, -0.2) is 9.36 Å². The van der Waals surface area contributed by atoms with E-state index in [1.165, 1.54) is 17.7 Å². The number of nitrogens with zero attached hydrogens (tertiary/aromatic N) is 2. The molecule has 3 rings (SSSR count). The molecule has 0 aliphatic carbocycles. The second kappa shape index (κ2) is 7.08. The lowest BCUT2D eigenvalue weighted by Crippen LogP contribution is -2.50. The van der Waals surface area contributed by atoms with Crippen LogP contribution in [0.4, 0.5) is 0 Å². The third-order valence-electron chi connectivity index (χ3n) is 4.26. The second-order valence-corrected chi connectivity index (χ2v) is 7.77. The fraction of sp³-hybridized carbons (Fsp3) is 0.643. The monoisotopic (exact) mass is 387 g/mol. The maximum Gasteiger partial charge on any atom is 0.475 e. The Kier molecular flexibility index (Phi) is 5.16. The van der Waals surface area contributed by atoms with Crippen molar-refractivity contribution in [3.8, 4) is 6.07 Å². The van der Waals surface area contributed by atoms with E-state index in [0.717, 1.165) is 0 Å². The molecular weight excluding hydrogens is 369 g/mol. The summed E-state index contributed by atoms with van der Waals surface area (Å²) in [6, 6.07) is 1.84. The second-order valence-electron chi connectivity index (χ2n) is 6.10. The van der Waals surface area contributed by atoms with Crippen molar-refractivity contribution in [2.24, 2.45) is 0 Å². The van der Waals surface area contributed by atoms with Crippen LogP contribution in [0, 0.1) is 18.3 Å². The van der Waals surface area contributed by atoms with E-state index in [0.29, 0.717) is 5.56 Å². The number of hydrogen-bond donors (Lipinski definition) is 2. The van der Waals surface area contributed by atoms with Crippen molar-refractivity contribution in [3.63, 3.8) is 0 Å². The van der Waals surface area contributed by atoms with Crippen LogP contribution in [0.3, 0.4) is 0 Å². The first-order chi connectivity index (χ1) is 12.3.